The molecule has 86 valence electrons. The maximum Gasteiger partial charge on any atom is 0.319 e. The standard InChI is InChI=1S/C9H6BrF2NO3/c10-5-9(11,12)8(14)6-1-3-7(4-2-6)13(15)16/h1-4H,5H2. The molecule has 0 bridgehead atoms. The van der Waals surface area contributed by atoms with Crippen molar-refractivity contribution < 1.29 is 18.5 Å². The van der Waals surface area contributed by atoms with E-state index >= 15 is 0 Å². The van der Waals surface area contributed by atoms with Gasteiger partial charge in [0.1, 0.15) is 0 Å². The molecule has 0 heterocycles. The summed E-state index contributed by atoms with van der Waals surface area (Å²) in [4.78, 5) is 20.9. The lowest BCUT2D eigenvalue weighted by Gasteiger charge is -2.10. The van der Waals surface area contributed by atoms with Crippen molar-refractivity contribution in [3.8, 4) is 0 Å². The minimum atomic E-state index is -3.50. The topological polar surface area (TPSA) is 60.2 Å². The smallest absolute Gasteiger partial charge is 0.287 e. The normalized spacial score (nSPS) is 11.2. The Bertz CT molecular complexity index is 419. The first-order valence-electron chi connectivity index (χ1n) is 4.11. The van der Waals surface area contributed by atoms with Crippen LogP contribution in [0, 0.1) is 10.1 Å². The number of carbonyl (C=O) groups excluding carboxylic acids is 1. The van der Waals surface area contributed by atoms with Crippen LogP contribution in [-0.4, -0.2) is 22.0 Å². The van der Waals surface area contributed by atoms with Gasteiger partial charge in [-0.25, -0.2) is 0 Å². The van der Waals surface area contributed by atoms with E-state index in [1.807, 2.05) is 0 Å². The fourth-order valence-electron chi connectivity index (χ4n) is 1.01. The summed E-state index contributed by atoms with van der Waals surface area (Å²) in [6.07, 6.45) is 0. The van der Waals surface area contributed by atoms with Gasteiger partial charge in [-0.1, -0.05) is 15.9 Å². The third-order valence-electron chi connectivity index (χ3n) is 1.84. The van der Waals surface area contributed by atoms with Crippen molar-refractivity contribution in [2.24, 2.45) is 0 Å². The molecular weight excluding hydrogens is 288 g/mol. The lowest BCUT2D eigenvalue weighted by Crippen LogP contribution is -2.30. The van der Waals surface area contributed by atoms with E-state index in [4.69, 9.17) is 0 Å². The van der Waals surface area contributed by atoms with Crippen LogP contribution in [0.25, 0.3) is 0 Å². The molecule has 0 aliphatic rings. The first-order chi connectivity index (χ1) is 7.38. The number of nitro groups is 1. The maximum atomic E-state index is 13.0. The molecule has 0 aromatic heterocycles. The Labute approximate surface area is 97.5 Å². The van der Waals surface area contributed by atoms with Gasteiger partial charge >= 0.3 is 5.92 Å². The number of Topliss-reactive ketones (excluding diaryl/α,β-unsaturated/α-hetero) is 1. The number of alkyl halides is 3. The Hall–Kier alpha value is -1.37. The van der Waals surface area contributed by atoms with Crippen LogP contribution in [0.2, 0.25) is 0 Å². The average Bonchev–Trinajstić information content (AvgIpc) is 2.28. The summed E-state index contributed by atoms with van der Waals surface area (Å²) in [6, 6.07) is 4.04. The van der Waals surface area contributed by atoms with Gasteiger partial charge in [0.25, 0.3) is 5.69 Å². The highest BCUT2D eigenvalue weighted by Gasteiger charge is 2.38. The van der Waals surface area contributed by atoms with E-state index in [9.17, 15) is 23.7 Å². The van der Waals surface area contributed by atoms with Crippen LogP contribution >= 0.6 is 15.9 Å². The second-order valence-electron chi connectivity index (χ2n) is 2.97. The van der Waals surface area contributed by atoms with E-state index in [1.54, 1.807) is 0 Å². The number of benzene rings is 1. The van der Waals surface area contributed by atoms with Crippen molar-refractivity contribution in [2.45, 2.75) is 5.92 Å². The molecule has 0 unspecified atom stereocenters. The quantitative estimate of drug-likeness (QED) is 0.371. The van der Waals surface area contributed by atoms with Crippen molar-refractivity contribution in [2.75, 3.05) is 5.33 Å². The molecule has 0 saturated heterocycles. The van der Waals surface area contributed by atoms with Crippen molar-refractivity contribution in [3.63, 3.8) is 0 Å². The summed E-state index contributed by atoms with van der Waals surface area (Å²) in [7, 11) is 0. The number of rotatable bonds is 4. The molecule has 0 radical (unpaired) electrons. The number of ketones is 1. The van der Waals surface area contributed by atoms with Crippen LogP contribution in [-0.2, 0) is 0 Å². The number of nitrogens with zero attached hydrogens (tertiary/aromatic N) is 1. The van der Waals surface area contributed by atoms with Gasteiger partial charge in [0.2, 0.25) is 5.78 Å². The Morgan fingerprint density at radius 2 is 1.88 bits per heavy atom. The van der Waals surface area contributed by atoms with E-state index < -0.39 is 22.0 Å². The molecule has 7 heteroatoms. The lowest BCUT2D eigenvalue weighted by molar-refractivity contribution is -0.384. The number of carbonyl (C=O) groups is 1. The zero-order valence-corrected chi connectivity index (χ0v) is 9.41. The molecule has 0 amide bonds. The summed E-state index contributed by atoms with van der Waals surface area (Å²) < 4.78 is 25.9. The third-order valence-corrected chi connectivity index (χ3v) is 2.54. The fraction of sp³-hybridized carbons (Fsp3) is 0.222. The highest BCUT2D eigenvalue weighted by molar-refractivity contribution is 9.09. The van der Waals surface area contributed by atoms with Gasteiger partial charge in [0.05, 0.1) is 10.3 Å². The molecule has 0 N–H and O–H groups in total. The molecule has 0 aliphatic heterocycles. The zero-order valence-electron chi connectivity index (χ0n) is 7.82. The lowest BCUT2D eigenvalue weighted by atomic mass is 10.1. The first-order valence-corrected chi connectivity index (χ1v) is 5.23. The largest absolute Gasteiger partial charge is 0.319 e. The predicted octanol–water partition coefficient (Wildman–Crippen LogP) is 2.81. The first kappa shape index (κ1) is 12.7. The molecule has 0 fully saturated rings. The van der Waals surface area contributed by atoms with Crippen molar-refractivity contribution in [1.82, 2.24) is 0 Å². The van der Waals surface area contributed by atoms with Gasteiger partial charge in [0, 0.05) is 17.7 Å². The summed E-state index contributed by atoms with van der Waals surface area (Å²) in [6.45, 7) is 0. The molecule has 0 spiro atoms. The highest BCUT2D eigenvalue weighted by Crippen LogP contribution is 2.23. The summed E-state index contributed by atoms with van der Waals surface area (Å²) >= 11 is 2.53. The summed E-state index contributed by atoms with van der Waals surface area (Å²) in [5.74, 6) is -4.87. The maximum absolute atomic E-state index is 13.0. The third kappa shape index (κ3) is 2.60. The number of hydrogen-bond donors (Lipinski definition) is 0. The van der Waals surface area contributed by atoms with Gasteiger partial charge in [0.15, 0.2) is 0 Å². The molecule has 16 heavy (non-hydrogen) atoms. The molecule has 0 atom stereocenters. The molecule has 0 saturated carbocycles. The highest BCUT2D eigenvalue weighted by atomic mass is 79.9. The fourth-order valence-corrected chi connectivity index (χ4v) is 1.26. The van der Waals surface area contributed by atoms with Gasteiger partial charge in [-0.15, -0.1) is 0 Å². The van der Waals surface area contributed by atoms with Crippen molar-refractivity contribution in [3.05, 3.63) is 39.9 Å². The monoisotopic (exact) mass is 293 g/mol. The summed E-state index contributed by atoms with van der Waals surface area (Å²) in [5, 5.41) is 9.52. The number of hydrogen-bond acceptors (Lipinski definition) is 3. The number of non-ortho nitro benzene ring substituents is 1. The Balaban J connectivity index is 2.99. The Kier molecular flexibility index (Phi) is 3.69. The van der Waals surface area contributed by atoms with E-state index in [0.29, 0.717) is 0 Å². The van der Waals surface area contributed by atoms with Gasteiger partial charge in [-0.05, 0) is 12.1 Å². The zero-order chi connectivity index (χ0) is 12.3. The van der Waals surface area contributed by atoms with E-state index in [-0.39, 0.29) is 11.3 Å². The Morgan fingerprint density at radius 1 is 1.38 bits per heavy atom. The van der Waals surface area contributed by atoms with Crippen LogP contribution in [0.1, 0.15) is 10.4 Å². The minimum Gasteiger partial charge on any atom is -0.287 e. The minimum absolute atomic E-state index is 0.251. The second kappa shape index (κ2) is 4.65. The van der Waals surface area contributed by atoms with Gasteiger partial charge in [-0.3, -0.25) is 14.9 Å². The van der Waals surface area contributed by atoms with Gasteiger partial charge < -0.3 is 0 Å². The van der Waals surface area contributed by atoms with Crippen LogP contribution in [0.3, 0.4) is 0 Å². The molecule has 4 nitrogen and oxygen atoms in total. The molecule has 0 aliphatic carbocycles. The number of nitro benzene ring substituents is 1. The SMILES string of the molecule is O=C(c1ccc([N+](=O)[O-])cc1)C(F)(F)CBr. The summed E-state index contributed by atoms with van der Waals surface area (Å²) in [5.41, 5.74) is -0.506. The molecule has 1 aromatic carbocycles. The molecule has 1 rings (SSSR count). The van der Waals surface area contributed by atoms with Crippen LogP contribution in [0.15, 0.2) is 24.3 Å². The van der Waals surface area contributed by atoms with Crippen LogP contribution in [0.4, 0.5) is 14.5 Å². The average molecular weight is 294 g/mol. The molecular formula is C9H6BrF2NO3. The van der Waals surface area contributed by atoms with Gasteiger partial charge in [-0.2, -0.15) is 8.78 Å². The van der Waals surface area contributed by atoms with Crippen LogP contribution in [0.5, 0.6) is 0 Å². The number of halogens is 3. The van der Waals surface area contributed by atoms with E-state index in [1.165, 1.54) is 0 Å². The van der Waals surface area contributed by atoms with Crippen molar-refractivity contribution >= 4 is 27.4 Å². The van der Waals surface area contributed by atoms with Crippen LogP contribution < -0.4 is 0 Å². The predicted molar refractivity (Wildman–Crippen MR) is 56.2 cm³/mol. The second-order valence-corrected chi connectivity index (χ2v) is 3.53. The van der Waals surface area contributed by atoms with E-state index in [2.05, 4.69) is 15.9 Å². The Morgan fingerprint density at radius 3 is 2.25 bits per heavy atom. The van der Waals surface area contributed by atoms with E-state index in [0.717, 1.165) is 24.3 Å². The molecule has 1 aromatic rings. The van der Waals surface area contributed by atoms with Crippen molar-refractivity contribution in [1.29, 1.82) is 0 Å².